The molecule has 2 heterocycles. The third-order valence-corrected chi connectivity index (χ3v) is 4.59. The molecule has 0 saturated heterocycles. The van der Waals surface area contributed by atoms with Crippen molar-refractivity contribution >= 4 is 22.5 Å². The van der Waals surface area contributed by atoms with Gasteiger partial charge < -0.3 is 14.2 Å². The lowest BCUT2D eigenvalue weighted by molar-refractivity contribution is 0.425. The van der Waals surface area contributed by atoms with E-state index in [0.717, 1.165) is 0 Å². The molecule has 0 saturated carbocycles. The Morgan fingerprint density at radius 2 is 2.04 bits per heavy atom. The highest BCUT2D eigenvalue weighted by molar-refractivity contribution is 6.30. The number of nitrogens with zero attached hydrogens (tertiary/aromatic N) is 3. The molecule has 1 N–H and O–H groups in total. The highest BCUT2D eigenvalue weighted by Crippen LogP contribution is 2.33. The van der Waals surface area contributed by atoms with Gasteiger partial charge in [0.05, 0.1) is 10.5 Å². The van der Waals surface area contributed by atoms with Crippen molar-refractivity contribution in [3.8, 4) is 28.6 Å². The van der Waals surface area contributed by atoms with Gasteiger partial charge in [-0.15, -0.1) is 0 Å². The lowest BCUT2D eigenvalue weighted by atomic mass is 10.1. The van der Waals surface area contributed by atoms with Gasteiger partial charge in [-0.2, -0.15) is 4.98 Å². The molecule has 27 heavy (non-hydrogen) atoms. The molecule has 0 atom stereocenters. The van der Waals surface area contributed by atoms with E-state index in [0.29, 0.717) is 23.0 Å². The van der Waals surface area contributed by atoms with E-state index in [-0.39, 0.29) is 28.1 Å². The minimum absolute atomic E-state index is 0.0273. The zero-order chi connectivity index (χ0) is 19.1. The largest absolute Gasteiger partial charge is 0.506 e. The number of benzene rings is 2. The third kappa shape index (κ3) is 2.76. The number of aromatic nitrogens is 3. The fraction of sp³-hybridized carbons (Fsp3) is 0.105. The molecule has 0 aliphatic rings. The number of hydrogen-bond acceptors (Lipinski definition) is 5. The summed E-state index contributed by atoms with van der Waals surface area (Å²) in [6, 6.07) is 11.1. The summed E-state index contributed by atoms with van der Waals surface area (Å²) in [6.45, 7) is 2.22. The first-order valence-electron chi connectivity index (χ1n) is 8.15. The van der Waals surface area contributed by atoms with Gasteiger partial charge in [0, 0.05) is 17.5 Å². The average molecular weight is 386 g/mol. The normalized spacial score (nSPS) is 11.2. The first-order valence-corrected chi connectivity index (χ1v) is 8.53. The minimum Gasteiger partial charge on any atom is -0.506 e. The number of aromatic hydroxyl groups is 1. The van der Waals surface area contributed by atoms with Crippen molar-refractivity contribution in [2.45, 2.75) is 13.5 Å². The molecule has 6 nitrogen and oxygen atoms in total. The molecule has 0 bridgehead atoms. The van der Waals surface area contributed by atoms with Gasteiger partial charge in [-0.25, -0.2) is 4.39 Å². The molecule has 136 valence electrons. The number of hydrogen-bond donors (Lipinski definition) is 1. The van der Waals surface area contributed by atoms with Gasteiger partial charge in [-0.3, -0.25) is 4.79 Å². The zero-order valence-corrected chi connectivity index (χ0v) is 14.9. The lowest BCUT2D eigenvalue weighted by Gasteiger charge is -2.11. The molecule has 4 aromatic rings. The summed E-state index contributed by atoms with van der Waals surface area (Å²) in [5, 5.41) is 14.9. The molecule has 2 aromatic heterocycles. The SMILES string of the molecule is CCn1c(=O)c(-c2nc(-c3ccc(Cl)c(F)c3)no2)c(O)c2ccccc21. The molecule has 0 aliphatic carbocycles. The Hall–Kier alpha value is -3.19. The highest BCUT2D eigenvalue weighted by Gasteiger charge is 2.22. The van der Waals surface area contributed by atoms with Gasteiger partial charge in [0.15, 0.2) is 0 Å². The van der Waals surface area contributed by atoms with E-state index in [1.54, 1.807) is 24.3 Å². The first-order chi connectivity index (χ1) is 13.0. The third-order valence-electron chi connectivity index (χ3n) is 4.28. The van der Waals surface area contributed by atoms with Crippen molar-refractivity contribution in [1.29, 1.82) is 0 Å². The molecule has 0 radical (unpaired) electrons. The van der Waals surface area contributed by atoms with Gasteiger partial charge in [0.1, 0.15) is 17.1 Å². The van der Waals surface area contributed by atoms with Crippen LogP contribution >= 0.6 is 11.6 Å². The summed E-state index contributed by atoms with van der Waals surface area (Å²) in [5.41, 5.74) is 0.392. The molecule has 0 spiro atoms. The van der Waals surface area contributed by atoms with Gasteiger partial charge in [0.25, 0.3) is 11.4 Å². The quantitative estimate of drug-likeness (QED) is 0.570. The van der Waals surface area contributed by atoms with E-state index in [4.69, 9.17) is 16.1 Å². The van der Waals surface area contributed by atoms with Crippen LogP contribution in [-0.4, -0.2) is 19.8 Å². The smallest absolute Gasteiger partial charge is 0.267 e. The molecular weight excluding hydrogens is 373 g/mol. The van der Waals surface area contributed by atoms with Crippen LogP contribution in [0.5, 0.6) is 5.75 Å². The van der Waals surface area contributed by atoms with Crippen LogP contribution in [0, 0.1) is 5.82 Å². The zero-order valence-electron chi connectivity index (χ0n) is 14.1. The maximum Gasteiger partial charge on any atom is 0.267 e. The predicted octanol–water partition coefficient (Wildman–Crippen LogP) is 4.24. The Labute approximate surface area is 157 Å². The summed E-state index contributed by atoms with van der Waals surface area (Å²) >= 11 is 5.68. The van der Waals surface area contributed by atoms with Crippen molar-refractivity contribution in [2.75, 3.05) is 0 Å². The van der Waals surface area contributed by atoms with Gasteiger partial charge in [-0.05, 0) is 37.3 Å². The van der Waals surface area contributed by atoms with Gasteiger partial charge >= 0.3 is 0 Å². The van der Waals surface area contributed by atoms with Crippen LogP contribution < -0.4 is 5.56 Å². The van der Waals surface area contributed by atoms with Crippen molar-refractivity contribution < 1.29 is 14.0 Å². The Balaban J connectivity index is 1.92. The van der Waals surface area contributed by atoms with E-state index >= 15 is 0 Å². The lowest BCUT2D eigenvalue weighted by Crippen LogP contribution is -2.21. The molecule has 8 heteroatoms. The fourth-order valence-electron chi connectivity index (χ4n) is 2.97. The van der Waals surface area contributed by atoms with Crippen LogP contribution in [0.25, 0.3) is 33.7 Å². The van der Waals surface area contributed by atoms with Crippen LogP contribution in [0.2, 0.25) is 5.02 Å². The van der Waals surface area contributed by atoms with Crippen molar-refractivity contribution in [3.63, 3.8) is 0 Å². The van der Waals surface area contributed by atoms with Crippen LogP contribution in [0.3, 0.4) is 0 Å². The molecular formula is C19H13ClFN3O3. The van der Waals surface area contributed by atoms with Crippen LogP contribution in [0.1, 0.15) is 6.92 Å². The molecule has 0 aliphatic heterocycles. The van der Waals surface area contributed by atoms with Gasteiger partial charge in [-0.1, -0.05) is 28.9 Å². The molecule has 0 fully saturated rings. The molecule has 2 aromatic carbocycles. The summed E-state index contributed by atoms with van der Waals surface area (Å²) in [5.74, 6) is -0.924. The molecule has 0 unspecified atom stereocenters. The number of aryl methyl sites for hydroxylation is 1. The maximum absolute atomic E-state index is 13.7. The predicted molar refractivity (Wildman–Crippen MR) is 99.2 cm³/mol. The topological polar surface area (TPSA) is 81.2 Å². The van der Waals surface area contributed by atoms with E-state index in [9.17, 15) is 14.3 Å². The average Bonchev–Trinajstić information content (AvgIpc) is 3.14. The van der Waals surface area contributed by atoms with E-state index in [2.05, 4.69) is 10.1 Å². The first kappa shape index (κ1) is 17.2. The Morgan fingerprint density at radius 1 is 1.26 bits per heavy atom. The van der Waals surface area contributed by atoms with Gasteiger partial charge in [0.2, 0.25) is 5.82 Å². The summed E-state index contributed by atoms with van der Waals surface area (Å²) in [4.78, 5) is 17.0. The summed E-state index contributed by atoms with van der Waals surface area (Å²) in [7, 11) is 0. The Kier molecular flexibility index (Phi) is 4.16. The van der Waals surface area contributed by atoms with Crippen molar-refractivity contribution in [1.82, 2.24) is 14.7 Å². The second kappa shape index (κ2) is 6.51. The van der Waals surface area contributed by atoms with E-state index in [1.807, 2.05) is 6.92 Å². The number of fused-ring (bicyclic) bond motifs is 1. The van der Waals surface area contributed by atoms with Crippen molar-refractivity contribution in [2.24, 2.45) is 0 Å². The maximum atomic E-state index is 13.7. The Bertz CT molecular complexity index is 1230. The van der Waals surface area contributed by atoms with Crippen molar-refractivity contribution in [3.05, 3.63) is 63.7 Å². The number of halogens is 2. The molecule has 0 amide bonds. The summed E-state index contributed by atoms with van der Waals surface area (Å²) in [6.07, 6.45) is 0. The Morgan fingerprint density at radius 3 is 2.78 bits per heavy atom. The van der Waals surface area contributed by atoms with Crippen LogP contribution in [0.15, 0.2) is 51.8 Å². The monoisotopic (exact) mass is 385 g/mol. The summed E-state index contributed by atoms with van der Waals surface area (Å²) < 4.78 is 20.4. The molecule has 4 rings (SSSR count). The second-order valence-electron chi connectivity index (χ2n) is 5.84. The standard InChI is InChI=1S/C19H13ClFN3O3/c1-2-24-14-6-4-3-5-11(14)16(25)15(19(24)26)18-22-17(23-27-18)10-7-8-12(20)13(21)9-10/h3-9,25H,2H2,1H3. The van der Waals surface area contributed by atoms with E-state index in [1.165, 1.54) is 22.8 Å². The highest BCUT2D eigenvalue weighted by atomic mass is 35.5. The minimum atomic E-state index is -0.623. The van der Waals surface area contributed by atoms with Crippen LogP contribution in [0.4, 0.5) is 4.39 Å². The van der Waals surface area contributed by atoms with Crippen LogP contribution in [-0.2, 0) is 6.54 Å². The second-order valence-corrected chi connectivity index (χ2v) is 6.25. The number of para-hydroxylation sites is 1. The fourth-order valence-corrected chi connectivity index (χ4v) is 3.09. The number of rotatable bonds is 3. The number of pyridine rings is 1. The van der Waals surface area contributed by atoms with E-state index < -0.39 is 11.4 Å².